The molecular formula is C17H25NO3. The van der Waals surface area contributed by atoms with Crippen LogP contribution in [0.3, 0.4) is 0 Å². The van der Waals surface area contributed by atoms with Crippen molar-refractivity contribution in [3.8, 4) is 5.75 Å². The molecule has 1 aliphatic rings. The fourth-order valence-electron chi connectivity index (χ4n) is 2.53. The number of aryl methyl sites for hydroxylation is 2. The number of hydrogen-bond acceptors (Lipinski definition) is 3. The molecule has 116 valence electrons. The van der Waals surface area contributed by atoms with Crippen molar-refractivity contribution in [3.05, 3.63) is 29.3 Å². The van der Waals surface area contributed by atoms with Gasteiger partial charge in [0.25, 0.3) is 0 Å². The van der Waals surface area contributed by atoms with Gasteiger partial charge in [0.2, 0.25) is 5.91 Å². The molecule has 0 bridgehead atoms. The average Bonchev–Trinajstić information content (AvgIpc) is 2.42. The molecule has 2 unspecified atom stereocenters. The summed E-state index contributed by atoms with van der Waals surface area (Å²) in [7, 11) is 0. The van der Waals surface area contributed by atoms with Crippen molar-refractivity contribution in [1.29, 1.82) is 0 Å². The summed E-state index contributed by atoms with van der Waals surface area (Å²) in [6.07, 6.45) is 0.640. The Bertz CT molecular complexity index is 525. The van der Waals surface area contributed by atoms with Crippen LogP contribution in [-0.4, -0.2) is 29.8 Å². The van der Waals surface area contributed by atoms with E-state index in [1.807, 2.05) is 45.9 Å². The van der Waals surface area contributed by atoms with Crippen LogP contribution in [0.4, 0.5) is 0 Å². The first-order chi connectivity index (χ1) is 9.80. The van der Waals surface area contributed by atoms with E-state index in [-0.39, 0.29) is 23.5 Å². The normalized spacial score (nSPS) is 23.3. The summed E-state index contributed by atoms with van der Waals surface area (Å²) in [6, 6.07) is 6.10. The highest BCUT2D eigenvalue weighted by Gasteiger charge is 2.47. The Hall–Kier alpha value is -1.55. The van der Waals surface area contributed by atoms with Crippen LogP contribution in [0.1, 0.15) is 37.8 Å². The third kappa shape index (κ3) is 3.56. The van der Waals surface area contributed by atoms with E-state index >= 15 is 0 Å². The lowest BCUT2D eigenvalue weighted by molar-refractivity contribution is -0.129. The Kier molecular flexibility index (Phi) is 4.57. The number of amides is 1. The van der Waals surface area contributed by atoms with E-state index in [0.29, 0.717) is 19.4 Å². The van der Waals surface area contributed by atoms with Crippen LogP contribution < -0.4 is 10.1 Å². The number of aliphatic hydroxyl groups excluding tert-OH is 1. The quantitative estimate of drug-likeness (QED) is 0.875. The van der Waals surface area contributed by atoms with Crippen molar-refractivity contribution in [2.24, 2.45) is 5.41 Å². The fourth-order valence-corrected chi connectivity index (χ4v) is 2.53. The second-order valence-electron chi connectivity index (χ2n) is 6.56. The SMILES string of the molecule is Cc1ccc(C)c(OCCC(=O)NC2CC(O)C2(C)C)c1. The highest BCUT2D eigenvalue weighted by Crippen LogP contribution is 2.40. The van der Waals surface area contributed by atoms with E-state index in [2.05, 4.69) is 5.32 Å². The van der Waals surface area contributed by atoms with Crippen molar-refractivity contribution in [1.82, 2.24) is 5.32 Å². The van der Waals surface area contributed by atoms with E-state index in [9.17, 15) is 9.90 Å². The lowest BCUT2D eigenvalue weighted by atomic mass is 9.64. The number of ether oxygens (including phenoxy) is 1. The smallest absolute Gasteiger partial charge is 0.223 e. The summed E-state index contributed by atoms with van der Waals surface area (Å²) in [5.41, 5.74) is 1.98. The van der Waals surface area contributed by atoms with Crippen molar-refractivity contribution in [2.45, 2.75) is 52.7 Å². The zero-order valence-corrected chi connectivity index (χ0v) is 13.3. The summed E-state index contributed by atoms with van der Waals surface area (Å²) in [5.74, 6) is 0.812. The minimum Gasteiger partial charge on any atom is -0.493 e. The van der Waals surface area contributed by atoms with Gasteiger partial charge < -0.3 is 15.2 Å². The molecule has 1 fully saturated rings. The van der Waals surface area contributed by atoms with E-state index in [1.54, 1.807) is 0 Å². The van der Waals surface area contributed by atoms with Crippen LogP contribution in [0, 0.1) is 19.3 Å². The monoisotopic (exact) mass is 291 g/mol. The molecule has 1 aliphatic carbocycles. The van der Waals surface area contributed by atoms with Gasteiger partial charge in [0, 0.05) is 11.5 Å². The number of nitrogens with one attached hydrogen (secondary N) is 1. The van der Waals surface area contributed by atoms with Gasteiger partial charge in [-0.25, -0.2) is 0 Å². The molecule has 1 aromatic rings. The molecule has 0 aliphatic heterocycles. The third-order valence-corrected chi connectivity index (χ3v) is 4.48. The first-order valence-corrected chi connectivity index (χ1v) is 7.48. The van der Waals surface area contributed by atoms with Gasteiger partial charge in [-0.15, -0.1) is 0 Å². The minimum atomic E-state index is -0.325. The average molecular weight is 291 g/mol. The largest absolute Gasteiger partial charge is 0.493 e. The molecule has 0 radical (unpaired) electrons. The Balaban J connectivity index is 1.76. The van der Waals surface area contributed by atoms with E-state index in [1.165, 1.54) is 0 Å². The van der Waals surface area contributed by atoms with Gasteiger partial charge in [-0.3, -0.25) is 4.79 Å². The molecule has 0 spiro atoms. The predicted octanol–water partition coefficient (Wildman–Crippen LogP) is 2.35. The number of hydrogen-bond donors (Lipinski definition) is 2. The molecule has 2 N–H and O–H groups in total. The molecule has 2 atom stereocenters. The van der Waals surface area contributed by atoms with Gasteiger partial charge in [0.15, 0.2) is 0 Å². The first kappa shape index (κ1) is 15.8. The van der Waals surface area contributed by atoms with Crippen LogP contribution in [0.2, 0.25) is 0 Å². The highest BCUT2D eigenvalue weighted by molar-refractivity contribution is 5.76. The Morgan fingerprint density at radius 1 is 1.43 bits per heavy atom. The Morgan fingerprint density at radius 2 is 2.14 bits per heavy atom. The first-order valence-electron chi connectivity index (χ1n) is 7.48. The van der Waals surface area contributed by atoms with Crippen LogP contribution in [0.15, 0.2) is 18.2 Å². The van der Waals surface area contributed by atoms with Crippen LogP contribution in [0.25, 0.3) is 0 Å². The topological polar surface area (TPSA) is 58.6 Å². The minimum absolute atomic E-state index is 0.0229. The van der Waals surface area contributed by atoms with Gasteiger partial charge in [0.05, 0.1) is 19.1 Å². The number of benzene rings is 1. The van der Waals surface area contributed by atoms with Gasteiger partial charge in [-0.1, -0.05) is 26.0 Å². The molecule has 2 rings (SSSR count). The molecule has 21 heavy (non-hydrogen) atoms. The summed E-state index contributed by atoms with van der Waals surface area (Å²) in [6.45, 7) is 8.32. The van der Waals surface area contributed by atoms with Gasteiger partial charge in [-0.05, 0) is 37.5 Å². The van der Waals surface area contributed by atoms with Crippen molar-refractivity contribution < 1.29 is 14.6 Å². The van der Waals surface area contributed by atoms with Gasteiger partial charge >= 0.3 is 0 Å². The molecule has 1 saturated carbocycles. The van der Waals surface area contributed by atoms with E-state index < -0.39 is 0 Å². The Labute approximate surface area is 126 Å². The molecule has 0 saturated heterocycles. The third-order valence-electron chi connectivity index (χ3n) is 4.48. The number of rotatable bonds is 5. The van der Waals surface area contributed by atoms with Crippen molar-refractivity contribution >= 4 is 5.91 Å². The number of carbonyl (C=O) groups excluding carboxylic acids is 1. The number of carbonyl (C=O) groups is 1. The lowest BCUT2D eigenvalue weighted by Gasteiger charge is -2.49. The standard InChI is InChI=1S/C17H25NO3/c1-11-5-6-12(2)13(9-11)21-8-7-16(20)18-14-10-15(19)17(14,3)4/h5-6,9,14-15,19H,7-8,10H2,1-4H3,(H,18,20). The second kappa shape index (κ2) is 6.06. The van der Waals surface area contributed by atoms with Crippen molar-refractivity contribution in [2.75, 3.05) is 6.61 Å². The maximum atomic E-state index is 11.9. The molecule has 0 aromatic heterocycles. The van der Waals surface area contributed by atoms with Gasteiger partial charge in [0.1, 0.15) is 5.75 Å². The second-order valence-corrected chi connectivity index (χ2v) is 6.56. The summed E-state index contributed by atoms with van der Waals surface area (Å²) < 4.78 is 5.68. The molecule has 1 aromatic carbocycles. The summed E-state index contributed by atoms with van der Waals surface area (Å²) >= 11 is 0. The van der Waals surface area contributed by atoms with Crippen LogP contribution in [0.5, 0.6) is 5.75 Å². The van der Waals surface area contributed by atoms with Crippen LogP contribution >= 0.6 is 0 Å². The zero-order valence-electron chi connectivity index (χ0n) is 13.3. The maximum Gasteiger partial charge on any atom is 0.223 e. The van der Waals surface area contributed by atoms with Crippen LogP contribution in [-0.2, 0) is 4.79 Å². The fraction of sp³-hybridized carbons (Fsp3) is 0.588. The summed E-state index contributed by atoms with van der Waals surface area (Å²) in [5, 5.41) is 12.6. The molecule has 4 nitrogen and oxygen atoms in total. The number of aliphatic hydroxyl groups is 1. The van der Waals surface area contributed by atoms with E-state index in [4.69, 9.17) is 4.74 Å². The lowest BCUT2D eigenvalue weighted by Crippen LogP contribution is -2.61. The predicted molar refractivity (Wildman–Crippen MR) is 82.4 cm³/mol. The molecule has 0 heterocycles. The zero-order chi connectivity index (χ0) is 15.6. The molecule has 4 heteroatoms. The molecular weight excluding hydrogens is 266 g/mol. The maximum absolute atomic E-state index is 11.9. The van der Waals surface area contributed by atoms with Crippen molar-refractivity contribution in [3.63, 3.8) is 0 Å². The Morgan fingerprint density at radius 3 is 2.76 bits per heavy atom. The molecule has 1 amide bonds. The summed E-state index contributed by atoms with van der Waals surface area (Å²) in [4.78, 5) is 11.9. The highest BCUT2D eigenvalue weighted by atomic mass is 16.5. The van der Waals surface area contributed by atoms with E-state index in [0.717, 1.165) is 16.9 Å². The van der Waals surface area contributed by atoms with Gasteiger partial charge in [-0.2, -0.15) is 0 Å².